The van der Waals surface area contributed by atoms with E-state index in [-0.39, 0.29) is 6.61 Å². The maximum absolute atomic E-state index is 9.20. The van der Waals surface area contributed by atoms with Crippen molar-refractivity contribution >= 4 is 5.69 Å². The number of hydrogen-bond donors (Lipinski definition) is 2. The average molecular weight is 207 g/mol. The fraction of sp³-hybridized carbons (Fsp3) is 0.538. The molecular formula is C13H21NO. The molecule has 0 aromatic heterocycles. The van der Waals surface area contributed by atoms with Crippen molar-refractivity contribution in [2.24, 2.45) is 11.8 Å². The van der Waals surface area contributed by atoms with Crippen LogP contribution >= 0.6 is 0 Å². The molecule has 0 aliphatic carbocycles. The highest BCUT2D eigenvalue weighted by Crippen LogP contribution is 2.16. The zero-order valence-electron chi connectivity index (χ0n) is 9.83. The zero-order chi connectivity index (χ0) is 11.3. The molecule has 2 heteroatoms. The molecule has 15 heavy (non-hydrogen) atoms. The molecule has 0 bridgehead atoms. The normalized spacial score (nSPS) is 12.9. The van der Waals surface area contributed by atoms with Gasteiger partial charge in [0.05, 0.1) is 0 Å². The topological polar surface area (TPSA) is 32.3 Å². The van der Waals surface area contributed by atoms with Crippen molar-refractivity contribution in [1.29, 1.82) is 0 Å². The van der Waals surface area contributed by atoms with E-state index in [4.69, 9.17) is 0 Å². The maximum atomic E-state index is 9.20. The summed E-state index contributed by atoms with van der Waals surface area (Å²) in [5.41, 5.74) is 2.41. The lowest BCUT2D eigenvalue weighted by Crippen LogP contribution is -2.23. The Balaban J connectivity index is 2.53. The second kappa shape index (κ2) is 5.76. The number of hydrogen-bond acceptors (Lipinski definition) is 2. The minimum atomic E-state index is 0.247. The summed E-state index contributed by atoms with van der Waals surface area (Å²) < 4.78 is 0. The number of aryl methyl sites for hydroxylation is 1. The number of aliphatic hydroxyl groups is 1. The van der Waals surface area contributed by atoms with Gasteiger partial charge < -0.3 is 10.4 Å². The standard InChI is InChI=1S/C13H21NO/c1-10(2)12(9-15)8-14-13-7-5-4-6-11(13)3/h4-7,10,12,14-15H,8-9H2,1-3H3. The predicted molar refractivity (Wildman–Crippen MR) is 65.1 cm³/mol. The monoisotopic (exact) mass is 207 g/mol. The number of aliphatic hydroxyl groups excluding tert-OH is 1. The predicted octanol–water partition coefficient (Wildman–Crippen LogP) is 2.67. The third-order valence-electron chi connectivity index (χ3n) is 2.88. The number of para-hydroxylation sites is 1. The Morgan fingerprint density at radius 3 is 2.47 bits per heavy atom. The summed E-state index contributed by atoms with van der Waals surface area (Å²) in [6.45, 7) is 7.45. The minimum Gasteiger partial charge on any atom is -0.396 e. The average Bonchev–Trinajstić information content (AvgIpc) is 2.21. The van der Waals surface area contributed by atoms with Gasteiger partial charge in [0.25, 0.3) is 0 Å². The minimum absolute atomic E-state index is 0.247. The van der Waals surface area contributed by atoms with E-state index < -0.39 is 0 Å². The van der Waals surface area contributed by atoms with Gasteiger partial charge in [0.1, 0.15) is 0 Å². The SMILES string of the molecule is Cc1ccccc1NCC(CO)C(C)C. The molecule has 0 spiro atoms. The summed E-state index contributed by atoms with van der Waals surface area (Å²) in [6, 6.07) is 8.22. The molecule has 0 aliphatic rings. The lowest BCUT2D eigenvalue weighted by Gasteiger charge is -2.20. The van der Waals surface area contributed by atoms with Gasteiger partial charge in [-0.25, -0.2) is 0 Å². The van der Waals surface area contributed by atoms with Crippen LogP contribution in [0.15, 0.2) is 24.3 Å². The van der Waals surface area contributed by atoms with Gasteiger partial charge in [0, 0.05) is 24.8 Å². The highest BCUT2D eigenvalue weighted by atomic mass is 16.3. The van der Waals surface area contributed by atoms with Crippen molar-refractivity contribution in [1.82, 2.24) is 0 Å². The van der Waals surface area contributed by atoms with E-state index in [1.165, 1.54) is 5.56 Å². The molecule has 1 rings (SSSR count). The Morgan fingerprint density at radius 2 is 1.93 bits per heavy atom. The molecule has 0 saturated heterocycles. The van der Waals surface area contributed by atoms with Gasteiger partial charge in [0.15, 0.2) is 0 Å². The van der Waals surface area contributed by atoms with E-state index in [9.17, 15) is 5.11 Å². The molecule has 0 amide bonds. The van der Waals surface area contributed by atoms with Gasteiger partial charge >= 0.3 is 0 Å². The molecule has 1 atom stereocenters. The van der Waals surface area contributed by atoms with E-state index in [2.05, 4.69) is 38.2 Å². The summed E-state index contributed by atoms with van der Waals surface area (Å²) in [4.78, 5) is 0. The van der Waals surface area contributed by atoms with Crippen LogP contribution < -0.4 is 5.32 Å². The van der Waals surface area contributed by atoms with Gasteiger partial charge in [-0.2, -0.15) is 0 Å². The van der Waals surface area contributed by atoms with Crippen molar-refractivity contribution in [3.8, 4) is 0 Å². The smallest absolute Gasteiger partial charge is 0.0478 e. The van der Waals surface area contributed by atoms with Crippen molar-refractivity contribution in [2.45, 2.75) is 20.8 Å². The Morgan fingerprint density at radius 1 is 1.27 bits per heavy atom. The number of anilines is 1. The second-order valence-corrected chi connectivity index (χ2v) is 4.38. The largest absolute Gasteiger partial charge is 0.396 e. The summed E-state index contributed by atoms with van der Waals surface area (Å²) in [5, 5.41) is 12.6. The second-order valence-electron chi connectivity index (χ2n) is 4.38. The van der Waals surface area contributed by atoms with Crippen molar-refractivity contribution in [3.05, 3.63) is 29.8 Å². The molecule has 1 aromatic carbocycles. The van der Waals surface area contributed by atoms with Gasteiger partial charge in [-0.1, -0.05) is 32.0 Å². The van der Waals surface area contributed by atoms with Crippen LogP contribution in [0.1, 0.15) is 19.4 Å². The van der Waals surface area contributed by atoms with E-state index in [0.717, 1.165) is 12.2 Å². The Kier molecular flexibility index (Phi) is 4.63. The molecule has 0 fully saturated rings. The highest BCUT2D eigenvalue weighted by Gasteiger charge is 2.11. The first kappa shape index (κ1) is 12.1. The van der Waals surface area contributed by atoms with E-state index >= 15 is 0 Å². The lowest BCUT2D eigenvalue weighted by molar-refractivity contribution is 0.198. The summed E-state index contributed by atoms with van der Waals surface area (Å²) in [7, 11) is 0. The van der Waals surface area contributed by atoms with Crippen LogP contribution in [0.2, 0.25) is 0 Å². The molecule has 84 valence electrons. The number of rotatable bonds is 5. The number of benzene rings is 1. The molecule has 2 nitrogen and oxygen atoms in total. The van der Waals surface area contributed by atoms with Crippen molar-refractivity contribution in [2.75, 3.05) is 18.5 Å². The van der Waals surface area contributed by atoms with Crippen LogP contribution in [0.25, 0.3) is 0 Å². The van der Waals surface area contributed by atoms with Crippen molar-refractivity contribution in [3.63, 3.8) is 0 Å². The van der Waals surface area contributed by atoms with Gasteiger partial charge in [-0.05, 0) is 24.5 Å². The first-order valence-electron chi connectivity index (χ1n) is 5.55. The Bertz CT molecular complexity index is 296. The van der Waals surface area contributed by atoms with Crippen LogP contribution in [0.4, 0.5) is 5.69 Å². The summed E-state index contributed by atoms with van der Waals surface area (Å²) in [6.07, 6.45) is 0. The Hall–Kier alpha value is -1.02. The van der Waals surface area contributed by atoms with Crippen molar-refractivity contribution < 1.29 is 5.11 Å². The van der Waals surface area contributed by atoms with Gasteiger partial charge in [-0.15, -0.1) is 0 Å². The summed E-state index contributed by atoms with van der Waals surface area (Å²) in [5.74, 6) is 0.830. The third kappa shape index (κ3) is 3.56. The molecule has 0 saturated carbocycles. The van der Waals surface area contributed by atoms with E-state index in [0.29, 0.717) is 11.8 Å². The fourth-order valence-corrected chi connectivity index (χ4v) is 1.52. The lowest BCUT2D eigenvalue weighted by atomic mass is 9.96. The molecule has 0 aliphatic heterocycles. The number of nitrogens with one attached hydrogen (secondary N) is 1. The van der Waals surface area contributed by atoms with E-state index in [1.807, 2.05) is 12.1 Å². The summed E-state index contributed by atoms with van der Waals surface area (Å²) >= 11 is 0. The first-order chi connectivity index (χ1) is 7.15. The third-order valence-corrected chi connectivity index (χ3v) is 2.88. The van der Waals surface area contributed by atoms with Gasteiger partial charge in [-0.3, -0.25) is 0 Å². The highest BCUT2D eigenvalue weighted by molar-refractivity contribution is 5.50. The molecule has 1 aromatic rings. The zero-order valence-corrected chi connectivity index (χ0v) is 9.83. The van der Waals surface area contributed by atoms with Gasteiger partial charge in [0.2, 0.25) is 0 Å². The maximum Gasteiger partial charge on any atom is 0.0478 e. The molecule has 1 unspecified atom stereocenters. The van der Waals surface area contributed by atoms with Crippen LogP contribution in [0.5, 0.6) is 0 Å². The van der Waals surface area contributed by atoms with Crippen LogP contribution in [0.3, 0.4) is 0 Å². The molecule has 0 radical (unpaired) electrons. The van der Waals surface area contributed by atoms with E-state index in [1.54, 1.807) is 0 Å². The molecular weight excluding hydrogens is 186 g/mol. The molecule has 2 N–H and O–H groups in total. The Labute approximate surface area is 92.3 Å². The quantitative estimate of drug-likeness (QED) is 0.778. The fourth-order valence-electron chi connectivity index (χ4n) is 1.52. The molecule has 0 heterocycles. The van der Waals surface area contributed by atoms with Crippen LogP contribution in [-0.2, 0) is 0 Å². The first-order valence-corrected chi connectivity index (χ1v) is 5.55. The van der Waals surface area contributed by atoms with Crippen LogP contribution in [0, 0.1) is 18.8 Å². The van der Waals surface area contributed by atoms with Crippen LogP contribution in [-0.4, -0.2) is 18.3 Å².